The van der Waals surface area contributed by atoms with Gasteiger partial charge in [-0.2, -0.15) is 0 Å². The molecule has 0 unspecified atom stereocenters. The maximum Gasteiger partial charge on any atom is 0.263 e. The Hall–Kier alpha value is -2.25. The number of halogens is 1. The molecule has 1 aliphatic rings. The highest BCUT2D eigenvalue weighted by atomic mass is 35.5. The third-order valence-electron chi connectivity index (χ3n) is 4.28. The molecule has 0 fully saturated rings. The first-order chi connectivity index (χ1) is 12.4. The second-order valence-electron chi connectivity index (χ2n) is 5.88. The van der Waals surface area contributed by atoms with Gasteiger partial charge in [0.25, 0.3) is 10.0 Å². The van der Waals surface area contributed by atoms with Crippen LogP contribution in [0, 0.1) is 0 Å². The molecular formula is C18H19ClN2O4S. The molecule has 0 radical (unpaired) electrons. The Morgan fingerprint density at radius 1 is 1.19 bits per heavy atom. The van der Waals surface area contributed by atoms with Gasteiger partial charge in [-0.15, -0.1) is 0 Å². The minimum Gasteiger partial charge on any atom is -0.497 e. The van der Waals surface area contributed by atoms with Crippen LogP contribution in [0.15, 0.2) is 41.3 Å². The van der Waals surface area contributed by atoms with Crippen molar-refractivity contribution in [3.63, 3.8) is 0 Å². The van der Waals surface area contributed by atoms with Gasteiger partial charge in [-0.1, -0.05) is 11.6 Å². The monoisotopic (exact) mass is 394 g/mol. The number of sulfonamides is 1. The second-order valence-corrected chi connectivity index (χ2v) is 7.94. The van der Waals surface area contributed by atoms with Gasteiger partial charge in [0.2, 0.25) is 5.91 Å². The van der Waals surface area contributed by atoms with Crippen LogP contribution in [0.25, 0.3) is 0 Å². The van der Waals surface area contributed by atoms with E-state index in [0.717, 1.165) is 11.3 Å². The van der Waals surface area contributed by atoms with Gasteiger partial charge in [0, 0.05) is 30.4 Å². The number of fused-ring (bicyclic) bond motifs is 1. The minimum absolute atomic E-state index is 0.0250. The molecule has 0 bridgehead atoms. The molecule has 0 aliphatic carbocycles. The number of carbonyl (C=O) groups excluding carboxylic acids is 1. The van der Waals surface area contributed by atoms with E-state index in [1.807, 2.05) is 6.92 Å². The van der Waals surface area contributed by atoms with E-state index in [2.05, 4.69) is 4.72 Å². The number of anilines is 2. The summed E-state index contributed by atoms with van der Waals surface area (Å²) in [5, 5.41) is 0.0811. The van der Waals surface area contributed by atoms with Gasteiger partial charge in [0.15, 0.2) is 0 Å². The van der Waals surface area contributed by atoms with Crippen molar-refractivity contribution < 1.29 is 17.9 Å². The van der Waals surface area contributed by atoms with Crippen LogP contribution < -0.4 is 14.4 Å². The Morgan fingerprint density at radius 2 is 1.96 bits per heavy atom. The number of nitrogens with zero attached hydrogens (tertiary/aromatic N) is 1. The predicted octanol–water partition coefficient (Wildman–Crippen LogP) is 3.45. The van der Waals surface area contributed by atoms with Crippen LogP contribution in [0.1, 0.15) is 18.9 Å². The lowest BCUT2D eigenvalue weighted by Gasteiger charge is -2.28. The summed E-state index contributed by atoms with van der Waals surface area (Å²) >= 11 is 6.08. The number of methoxy groups -OCH3 is 1. The van der Waals surface area contributed by atoms with Crippen molar-refractivity contribution in [1.82, 2.24) is 0 Å². The maximum atomic E-state index is 12.7. The summed E-state index contributed by atoms with van der Waals surface area (Å²) in [6, 6.07) is 9.57. The van der Waals surface area contributed by atoms with Crippen LogP contribution in [0.4, 0.5) is 11.4 Å². The van der Waals surface area contributed by atoms with E-state index in [1.165, 1.54) is 25.3 Å². The number of amides is 1. The van der Waals surface area contributed by atoms with Crippen LogP contribution >= 0.6 is 11.6 Å². The molecule has 1 heterocycles. The van der Waals surface area contributed by atoms with Crippen molar-refractivity contribution in [3.8, 4) is 5.75 Å². The molecule has 1 amide bonds. The number of rotatable bonds is 5. The van der Waals surface area contributed by atoms with Crippen molar-refractivity contribution in [2.75, 3.05) is 23.3 Å². The molecule has 0 spiro atoms. The van der Waals surface area contributed by atoms with Crippen LogP contribution in [-0.4, -0.2) is 28.0 Å². The fraction of sp³-hybridized carbons (Fsp3) is 0.278. The van der Waals surface area contributed by atoms with Crippen molar-refractivity contribution in [3.05, 3.63) is 47.0 Å². The summed E-state index contributed by atoms with van der Waals surface area (Å²) in [6.07, 6.45) is 1.00. The average Bonchev–Trinajstić information content (AvgIpc) is 2.61. The number of nitrogens with one attached hydrogen (secondary N) is 1. The van der Waals surface area contributed by atoms with Crippen molar-refractivity contribution in [1.29, 1.82) is 0 Å². The SMILES string of the molecule is CCN1C(=O)CCc2cc(NS(=O)(=O)c3ccc(OC)cc3Cl)ccc21. The topological polar surface area (TPSA) is 75.7 Å². The summed E-state index contributed by atoms with van der Waals surface area (Å²) < 4.78 is 32.9. The van der Waals surface area contributed by atoms with Crippen LogP contribution in [-0.2, 0) is 21.2 Å². The van der Waals surface area contributed by atoms with Gasteiger partial charge in [0.05, 0.1) is 12.1 Å². The summed E-state index contributed by atoms with van der Waals surface area (Å²) in [5.41, 5.74) is 2.20. The van der Waals surface area contributed by atoms with Gasteiger partial charge in [0.1, 0.15) is 10.6 Å². The molecule has 0 aromatic heterocycles. The lowest BCUT2D eigenvalue weighted by atomic mass is 10.0. The molecule has 3 rings (SSSR count). The predicted molar refractivity (Wildman–Crippen MR) is 102 cm³/mol. The lowest BCUT2D eigenvalue weighted by molar-refractivity contribution is -0.118. The highest BCUT2D eigenvalue weighted by molar-refractivity contribution is 7.92. The fourth-order valence-corrected chi connectivity index (χ4v) is 4.59. The Bertz CT molecular complexity index is 960. The summed E-state index contributed by atoms with van der Waals surface area (Å²) in [4.78, 5) is 13.6. The molecule has 1 N–H and O–H groups in total. The minimum atomic E-state index is -3.84. The first-order valence-corrected chi connectivity index (χ1v) is 10.0. The van der Waals surface area contributed by atoms with Crippen LogP contribution in [0.2, 0.25) is 5.02 Å². The smallest absolute Gasteiger partial charge is 0.263 e. The highest BCUT2D eigenvalue weighted by Crippen LogP contribution is 2.32. The van der Waals surface area contributed by atoms with Gasteiger partial charge in [-0.3, -0.25) is 9.52 Å². The third kappa shape index (κ3) is 3.50. The number of carbonyl (C=O) groups is 1. The van der Waals surface area contributed by atoms with E-state index in [9.17, 15) is 13.2 Å². The number of hydrogen-bond acceptors (Lipinski definition) is 4. The number of benzene rings is 2. The number of hydrogen-bond donors (Lipinski definition) is 1. The van der Waals surface area contributed by atoms with Gasteiger partial charge >= 0.3 is 0 Å². The summed E-state index contributed by atoms with van der Waals surface area (Å²) in [7, 11) is -2.36. The first kappa shape index (κ1) is 18.5. The van der Waals surface area contributed by atoms with Crippen molar-refractivity contribution in [2.45, 2.75) is 24.7 Å². The average molecular weight is 395 g/mol. The van der Waals surface area contributed by atoms with Crippen molar-refractivity contribution in [2.24, 2.45) is 0 Å². The molecule has 1 aliphatic heterocycles. The Balaban J connectivity index is 1.90. The van der Waals surface area contributed by atoms with Gasteiger partial charge in [-0.05, 0) is 49.2 Å². The van der Waals surface area contributed by atoms with E-state index in [0.29, 0.717) is 30.8 Å². The molecule has 8 heteroatoms. The third-order valence-corrected chi connectivity index (χ3v) is 6.14. The normalized spacial score (nSPS) is 14.1. The largest absolute Gasteiger partial charge is 0.497 e. The fourth-order valence-electron chi connectivity index (χ4n) is 3.01. The standard InChI is InChI=1S/C18H19ClN2O4S/c1-3-21-16-7-5-13(10-12(16)4-9-18(21)22)20-26(23,24)17-8-6-14(25-2)11-15(17)19/h5-8,10-11,20H,3-4,9H2,1-2H3. The van der Waals surface area contributed by atoms with Crippen molar-refractivity contribution >= 4 is 38.9 Å². The van der Waals surface area contributed by atoms with E-state index < -0.39 is 10.0 Å². The zero-order valence-electron chi connectivity index (χ0n) is 14.5. The van der Waals surface area contributed by atoms with Crippen LogP contribution in [0.5, 0.6) is 5.75 Å². The molecule has 2 aromatic rings. The van der Waals surface area contributed by atoms with E-state index in [4.69, 9.17) is 16.3 Å². The van der Waals surface area contributed by atoms with Gasteiger partial charge in [-0.25, -0.2) is 8.42 Å². The maximum absolute atomic E-state index is 12.7. The molecular weight excluding hydrogens is 376 g/mol. The summed E-state index contributed by atoms with van der Waals surface area (Å²) in [5.74, 6) is 0.561. The number of ether oxygens (including phenoxy) is 1. The molecule has 0 saturated heterocycles. The Morgan fingerprint density at radius 3 is 2.62 bits per heavy atom. The Kier molecular flexibility index (Phi) is 5.11. The molecule has 138 valence electrons. The second kappa shape index (κ2) is 7.17. The highest BCUT2D eigenvalue weighted by Gasteiger charge is 2.24. The molecule has 0 saturated carbocycles. The zero-order valence-corrected chi connectivity index (χ0v) is 16.0. The quantitative estimate of drug-likeness (QED) is 0.842. The first-order valence-electron chi connectivity index (χ1n) is 8.15. The zero-order chi connectivity index (χ0) is 18.9. The van der Waals surface area contributed by atoms with Gasteiger partial charge < -0.3 is 9.64 Å². The Labute approximate surface area is 157 Å². The number of aryl methyl sites for hydroxylation is 1. The molecule has 6 nitrogen and oxygen atoms in total. The molecule has 26 heavy (non-hydrogen) atoms. The lowest BCUT2D eigenvalue weighted by Crippen LogP contribution is -2.34. The molecule has 2 aromatic carbocycles. The van der Waals surface area contributed by atoms with E-state index in [-0.39, 0.29) is 15.8 Å². The molecule has 0 atom stereocenters. The van der Waals surface area contributed by atoms with Crippen LogP contribution in [0.3, 0.4) is 0 Å². The summed E-state index contributed by atoms with van der Waals surface area (Å²) in [6.45, 7) is 2.49. The van der Waals surface area contributed by atoms with E-state index in [1.54, 1.807) is 23.1 Å². The van der Waals surface area contributed by atoms with E-state index >= 15 is 0 Å².